The van der Waals surface area contributed by atoms with Crippen LogP contribution in [0.15, 0.2) is 12.3 Å². The number of hydrogen-bond donors (Lipinski definition) is 2. The van der Waals surface area contributed by atoms with Crippen molar-refractivity contribution in [2.24, 2.45) is 0 Å². The number of anilines is 1. The quantitative estimate of drug-likeness (QED) is 0.842. The molecule has 18 heavy (non-hydrogen) atoms. The largest absolute Gasteiger partial charge is 0.381 e. The maximum atomic E-state index is 13.5. The van der Waals surface area contributed by atoms with E-state index in [0.29, 0.717) is 6.61 Å². The second-order valence-electron chi connectivity index (χ2n) is 4.28. The van der Waals surface area contributed by atoms with Gasteiger partial charge in [0.1, 0.15) is 0 Å². The van der Waals surface area contributed by atoms with Crippen molar-refractivity contribution in [1.29, 1.82) is 0 Å². The summed E-state index contributed by atoms with van der Waals surface area (Å²) in [5, 5.41) is 2.75. The van der Waals surface area contributed by atoms with Crippen molar-refractivity contribution in [3.8, 4) is 0 Å². The van der Waals surface area contributed by atoms with Crippen LogP contribution in [0.4, 0.5) is 10.2 Å². The van der Waals surface area contributed by atoms with Crippen molar-refractivity contribution in [2.75, 3.05) is 12.3 Å². The highest BCUT2D eigenvalue weighted by atomic mass is 19.1. The summed E-state index contributed by atoms with van der Waals surface area (Å²) in [5.74, 6) is -1.49. The van der Waals surface area contributed by atoms with Gasteiger partial charge in [0.05, 0.1) is 11.7 Å². The minimum Gasteiger partial charge on any atom is -0.381 e. The molecule has 0 unspecified atom stereocenters. The first-order valence-corrected chi connectivity index (χ1v) is 5.94. The van der Waals surface area contributed by atoms with E-state index in [4.69, 9.17) is 10.5 Å². The molecule has 1 aliphatic rings. The Morgan fingerprint density at radius 3 is 3.06 bits per heavy atom. The smallest absolute Gasteiger partial charge is 0.254 e. The third-order valence-electron chi connectivity index (χ3n) is 2.99. The molecule has 0 saturated heterocycles. The summed E-state index contributed by atoms with van der Waals surface area (Å²) < 4.78 is 18.9. The number of aromatic nitrogens is 1. The average Bonchev–Trinajstić information content (AvgIpc) is 2.30. The van der Waals surface area contributed by atoms with Gasteiger partial charge in [0, 0.05) is 18.8 Å². The second-order valence-corrected chi connectivity index (χ2v) is 4.28. The lowest BCUT2D eigenvalue weighted by Gasteiger charge is -2.35. The monoisotopic (exact) mass is 253 g/mol. The standard InChI is InChI=1S/C12H16FN3O2/c1-2-18-8-5-7(6-8)16-12(17)9-3-4-15-11(14)10(9)13/h3-4,7-8H,2,5-6H2,1H3,(H2,14,15)(H,16,17). The maximum absolute atomic E-state index is 13.5. The Morgan fingerprint density at radius 1 is 1.67 bits per heavy atom. The Bertz CT molecular complexity index is 447. The number of nitrogen functional groups attached to an aromatic ring is 1. The van der Waals surface area contributed by atoms with Crippen molar-refractivity contribution in [3.05, 3.63) is 23.6 Å². The molecule has 0 atom stereocenters. The highest BCUT2D eigenvalue weighted by molar-refractivity contribution is 5.95. The van der Waals surface area contributed by atoms with Crippen LogP contribution in [0, 0.1) is 5.82 Å². The lowest BCUT2D eigenvalue weighted by molar-refractivity contribution is -0.00865. The number of carbonyl (C=O) groups excluding carboxylic acids is 1. The van der Waals surface area contributed by atoms with Crippen molar-refractivity contribution in [3.63, 3.8) is 0 Å². The summed E-state index contributed by atoms with van der Waals surface area (Å²) in [4.78, 5) is 15.4. The lowest BCUT2D eigenvalue weighted by Crippen LogP contribution is -2.48. The van der Waals surface area contributed by atoms with E-state index >= 15 is 0 Å². The number of nitrogens with one attached hydrogen (secondary N) is 1. The fourth-order valence-corrected chi connectivity index (χ4v) is 1.95. The molecule has 1 saturated carbocycles. The fourth-order valence-electron chi connectivity index (χ4n) is 1.95. The Hall–Kier alpha value is -1.69. The molecule has 0 aromatic carbocycles. The summed E-state index contributed by atoms with van der Waals surface area (Å²) in [6.45, 7) is 2.60. The van der Waals surface area contributed by atoms with Gasteiger partial charge in [0.15, 0.2) is 11.6 Å². The number of nitrogens with two attached hydrogens (primary N) is 1. The molecule has 1 amide bonds. The van der Waals surface area contributed by atoms with Gasteiger partial charge in [0.25, 0.3) is 5.91 Å². The van der Waals surface area contributed by atoms with E-state index in [1.807, 2.05) is 6.92 Å². The van der Waals surface area contributed by atoms with Gasteiger partial charge in [-0.3, -0.25) is 4.79 Å². The summed E-state index contributed by atoms with van der Waals surface area (Å²) in [5.41, 5.74) is 5.24. The molecule has 1 aromatic heterocycles. The van der Waals surface area contributed by atoms with Crippen LogP contribution in [0.2, 0.25) is 0 Å². The third-order valence-corrected chi connectivity index (χ3v) is 2.99. The molecular weight excluding hydrogens is 237 g/mol. The van der Waals surface area contributed by atoms with Gasteiger partial charge in [-0.15, -0.1) is 0 Å². The van der Waals surface area contributed by atoms with Gasteiger partial charge in [-0.05, 0) is 25.8 Å². The van der Waals surface area contributed by atoms with Crippen molar-refractivity contribution in [1.82, 2.24) is 10.3 Å². The second kappa shape index (κ2) is 5.30. The number of amides is 1. The maximum Gasteiger partial charge on any atom is 0.254 e. The van der Waals surface area contributed by atoms with Crippen LogP contribution in [-0.2, 0) is 4.74 Å². The number of carbonyl (C=O) groups is 1. The predicted octanol–water partition coefficient (Wildman–Crippen LogP) is 1.10. The van der Waals surface area contributed by atoms with Crippen LogP contribution in [0.1, 0.15) is 30.1 Å². The van der Waals surface area contributed by atoms with Gasteiger partial charge in [-0.1, -0.05) is 0 Å². The first-order valence-electron chi connectivity index (χ1n) is 5.94. The topological polar surface area (TPSA) is 77.2 Å². The van der Waals surface area contributed by atoms with E-state index in [1.54, 1.807) is 0 Å². The van der Waals surface area contributed by atoms with Crippen molar-refractivity contribution in [2.45, 2.75) is 31.9 Å². The van der Waals surface area contributed by atoms with Gasteiger partial charge in [-0.2, -0.15) is 0 Å². The van der Waals surface area contributed by atoms with Crippen LogP contribution in [0.3, 0.4) is 0 Å². The normalized spacial score (nSPS) is 22.3. The molecule has 1 aliphatic carbocycles. The predicted molar refractivity (Wildman–Crippen MR) is 64.5 cm³/mol. The van der Waals surface area contributed by atoms with Gasteiger partial charge < -0.3 is 15.8 Å². The molecule has 0 aliphatic heterocycles. The van der Waals surface area contributed by atoms with Crippen LogP contribution in [0.5, 0.6) is 0 Å². The first kappa shape index (κ1) is 12.8. The molecule has 3 N–H and O–H groups in total. The number of halogens is 1. The molecule has 5 nitrogen and oxygen atoms in total. The van der Waals surface area contributed by atoms with E-state index in [2.05, 4.69) is 10.3 Å². The number of ether oxygens (including phenoxy) is 1. The van der Waals surface area contributed by atoms with Crippen molar-refractivity contribution >= 4 is 11.7 Å². The lowest BCUT2D eigenvalue weighted by atomic mass is 9.89. The van der Waals surface area contributed by atoms with E-state index in [1.165, 1.54) is 12.3 Å². The summed E-state index contributed by atoms with van der Waals surface area (Å²) in [6, 6.07) is 1.36. The van der Waals surface area contributed by atoms with E-state index in [0.717, 1.165) is 12.8 Å². The summed E-state index contributed by atoms with van der Waals surface area (Å²) in [7, 11) is 0. The SMILES string of the molecule is CCOC1CC(NC(=O)c2ccnc(N)c2F)C1. The minimum absolute atomic E-state index is 0.0443. The summed E-state index contributed by atoms with van der Waals surface area (Å²) >= 11 is 0. The Labute approximate surface area is 105 Å². The molecule has 0 spiro atoms. The molecule has 1 heterocycles. The van der Waals surface area contributed by atoms with Crippen LogP contribution >= 0.6 is 0 Å². The molecule has 6 heteroatoms. The number of nitrogens with zero attached hydrogens (tertiary/aromatic N) is 1. The van der Waals surface area contributed by atoms with E-state index < -0.39 is 11.7 Å². The zero-order valence-electron chi connectivity index (χ0n) is 10.1. The van der Waals surface area contributed by atoms with Crippen molar-refractivity contribution < 1.29 is 13.9 Å². The van der Waals surface area contributed by atoms with E-state index in [-0.39, 0.29) is 23.5 Å². The highest BCUT2D eigenvalue weighted by Gasteiger charge is 2.31. The zero-order chi connectivity index (χ0) is 13.1. The van der Waals surface area contributed by atoms with Gasteiger partial charge >= 0.3 is 0 Å². The minimum atomic E-state index is -0.768. The zero-order valence-corrected chi connectivity index (χ0v) is 10.1. The van der Waals surface area contributed by atoms with Gasteiger partial charge in [0.2, 0.25) is 0 Å². The summed E-state index contributed by atoms with van der Waals surface area (Å²) in [6.07, 6.45) is 3.05. The first-order chi connectivity index (χ1) is 8.61. The molecular formula is C12H16FN3O2. The average molecular weight is 253 g/mol. The fraction of sp³-hybridized carbons (Fsp3) is 0.500. The molecule has 1 fully saturated rings. The van der Waals surface area contributed by atoms with E-state index in [9.17, 15) is 9.18 Å². The Morgan fingerprint density at radius 2 is 2.39 bits per heavy atom. The molecule has 0 radical (unpaired) electrons. The molecule has 0 bridgehead atoms. The molecule has 2 rings (SSSR count). The number of rotatable bonds is 4. The number of pyridine rings is 1. The molecule has 1 aromatic rings. The Kier molecular flexibility index (Phi) is 3.76. The van der Waals surface area contributed by atoms with Crippen LogP contribution in [0.25, 0.3) is 0 Å². The number of hydrogen-bond acceptors (Lipinski definition) is 4. The van der Waals surface area contributed by atoms with Crippen LogP contribution in [-0.4, -0.2) is 29.6 Å². The third kappa shape index (κ3) is 2.59. The Balaban J connectivity index is 1.91. The highest BCUT2D eigenvalue weighted by Crippen LogP contribution is 2.24. The molecule has 98 valence electrons. The van der Waals surface area contributed by atoms with Crippen LogP contribution < -0.4 is 11.1 Å². The van der Waals surface area contributed by atoms with Gasteiger partial charge in [-0.25, -0.2) is 9.37 Å².